The number of carboxylic acids is 1. The molecular formula is C12H14BrNO3. The minimum atomic E-state index is -0.881. The van der Waals surface area contributed by atoms with Gasteiger partial charge >= 0.3 is 5.97 Å². The summed E-state index contributed by atoms with van der Waals surface area (Å²) in [6.45, 7) is 0. The smallest absolute Gasteiger partial charge is 0.325 e. The number of rotatable bonds is 5. The lowest BCUT2D eigenvalue weighted by Crippen LogP contribution is -2.30. The van der Waals surface area contributed by atoms with Crippen LogP contribution in [0.25, 0.3) is 0 Å². The van der Waals surface area contributed by atoms with E-state index in [0.29, 0.717) is 17.4 Å². The minimum absolute atomic E-state index is 0.319. The molecule has 92 valence electrons. The number of hydrogen-bond acceptors (Lipinski definition) is 3. The van der Waals surface area contributed by atoms with Crippen LogP contribution in [-0.4, -0.2) is 24.2 Å². The van der Waals surface area contributed by atoms with Crippen LogP contribution in [0.5, 0.6) is 5.75 Å². The standard InChI is InChI=1S/C12H14BrNO3/c1-17-10-5-2-7(13)6-9(10)11(12(15)16)14-8-3-4-8/h2,5-6,8,11,14H,3-4H2,1H3,(H,15,16). The maximum atomic E-state index is 11.3. The molecule has 1 saturated carbocycles. The number of carbonyl (C=O) groups is 1. The Morgan fingerprint density at radius 1 is 1.59 bits per heavy atom. The highest BCUT2D eigenvalue weighted by Gasteiger charge is 2.31. The third kappa shape index (κ3) is 2.98. The summed E-state index contributed by atoms with van der Waals surface area (Å²) in [5.74, 6) is -0.290. The molecule has 0 amide bonds. The third-order valence-electron chi connectivity index (χ3n) is 2.73. The Labute approximate surface area is 108 Å². The summed E-state index contributed by atoms with van der Waals surface area (Å²) in [5, 5.41) is 12.4. The summed E-state index contributed by atoms with van der Waals surface area (Å²) in [4.78, 5) is 11.3. The molecule has 0 radical (unpaired) electrons. The molecule has 0 saturated heterocycles. The average molecular weight is 300 g/mol. The zero-order valence-electron chi connectivity index (χ0n) is 9.44. The molecule has 0 spiro atoms. The fourth-order valence-corrected chi connectivity index (χ4v) is 2.09. The predicted molar refractivity (Wildman–Crippen MR) is 67.2 cm³/mol. The Hall–Kier alpha value is -1.07. The topological polar surface area (TPSA) is 58.6 Å². The van der Waals surface area contributed by atoms with Crippen LogP contribution >= 0.6 is 15.9 Å². The summed E-state index contributed by atoms with van der Waals surface area (Å²) in [6, 6.07) is 4.99. The Bertz CT molecular complexity index is 432. The average Bonchev–Trinajstić information content (AvgIpc) is 3.09. The van der Waals surface area contributed by atoms with E-state index >= 15 is 0 Å². The minimum Gasteiger partial charge on any atom is -0.496 e. The molecule has 5 heteroatoms. The first-order valence-corrected chi connectivity index (χ1v) is 6.23. The van der Waals surface area contributed by atoms with Crippen molar-refractivity contribution in [2.75, 3.05) is 7.11 Å². The lowest BCUT2D eigenvalue weighted by molar-refractivity contribution is -0.139. The predicted octanol–water partition coefficient (Wildman–Crippen LogP) is 2.34. The van der Waals surface area contributed by atoms with Crippen LogP contribution in [0.15, 0.2) is 22.7 Å². The maximum Gasteiger partial charge on any atom is 0.325 e. The number of carboxylic acid groups (broad SMARTS) is 1. The molecule has 0 aliphatic heterocycles. The normalized spacial score (nSPS) is 16.6. The largest absolute Gasteiger partial charge is 0.496 e. The van der Waals surface area contributed by atoms with Gasteiger partial charge in [-0.1, -0.05) is 15.9 Å². The van der Waals surface area contributed by atoms with E-state index < -0.39 is 12.0 Å². The molecule has 1 unspecified atom stereocenters. The molecule has 4 nitrogen and oxygen atoms in total. The van der Waals surface area contributed by atoms with Gasteiger partial charge in [-0.25, -0.2) is 0 Å². The van der Waals surface area contributed by atoms with E-state index in [9.17, 15) is 9.90 Å². The highest BCUT2D eigenvalue weighted by Crippen LogP contribution is 2.31. The number of benzene rings is 1. The van der Waals surface area contributed by atoms with Gasteiger partial charge in [-0.05, 0) is 31.0 Å². The molecular weight excluding hydrogens is 286 g/mol. The number of aliphatic carboxylic acids is 1. The zero-order valence-corrected chi connectivity index (χ0v) is 11.0. The molecule has 0 heterocycles. The van der Waals surface area contributed by atoms with Crippen molar-refractivity contribution in [2.45, 2.75) is 24.9 Å². The molecule has 17 heavy (non-hydrogen) atoms. The first kappa shape index (κ1) is 12.4. The first-order valence-electron chi connectivity index (χ1n) is 5.44. The SMILES string of the molecule is COc1ccc(Br)cc1C(NC1CC1)C(=O)O. The second kappa shape index (κ2) is 5.06. The second-order valence-electron chi connectivity index (χ2n) is 4.10. The number of halogens is 1. The summed E-state index contributed by atoms with van der Waals surface area (Å²) >= 11 is 3.35. The van der Waals surface area contributed by atoms with Gasteiger partial charge in [0.25, 0.3) is 0 Å². The summed E-state index contributed by atoms with van der Waals surface area (Å²) < 4.78 is 6.05. The highest BCUT2D eigenvalue weighted by atomic mass is 79.9. The van der Waals surface area contributed by atoms with Gasteiger partial charge in [0.15, 0.2) is 0 Å². The van der Waals surface area contributed by atoms with E-state index in [1.807, 2.05) is 6.07 Å². The van der Waals surface area contributed by atoms with Gasteiger partial charge in [-0.3, -0.25) is 10.1 Å². The Morgan fingerprint density at radius 2 is 2.29 bits per heavy atom. The van der Waals surface area contributed by atoms with E-state index in [0.717, 1.165) is 17.3 Å². The molecule has 2 rings (SSSR count). The van der Waals surface area contributed by atoms with E-state index in [1.54, 1.807) is 19.2 Å². The Balaban J connectivity index is 2.32. The third-order valence-corrected chi connectivity index (χ3v) is 3.22. The van der Waals surface area contributed by atoms with E-state index in [4.69, 9.17) is 4.74 Å². The first-order chi connectivity index (χ1) is 8.11. The number of methoxy groups -OCH3 is 1. The Kier molecular flexibility index (Phi) is 3.69. The van der Waals surface area contributed by atoms with Crippen molar-refractivity contribution >= 4 is 21.9 Å². The highest BCUT2D eigenvalue weighted by molar-refractivity contribution is 9.10. The van der Waals surface area contributed by atoms with Crippen LogP contribution in [0, 0.1) is 0 Å². The van der Waals surface area contributed by atoms with Crippen LogP contribution in [-0.2, 0) is 4.79 Å². The molecule has 0 bridgehead atoms. The number of hydrogen-bond donors (Lipinski definition) is 2. The van der Waals surface area contributed by atoms with Gasteiger partial charge in [-0.15, -0.1) is 0 Å². The van der Waals surface area contributed by atoms with Gasteiger partial charge in [0.1, 0.15) is 11.8 Å². The van der Waals surface area contributed by atoms with Gasteiger partial charge in [0.05, 0.1) is 7.11 Å². The van der Waals surface area contributed by atoms with Crippen molar-refractivity contribution in [1.82, 2.24) is 5.32 Å². The zero-order chi connectivity index (χ0) is 12.4. The molecule has 1 aromatic carbocycles. The van der Waals surface area contributed by atoms with Crippen molar-refractivity contribution in [3.8, 4) is 5.75 Å². The monoisotopic (exact) mass is 299 g/mol. The van der Waals surface area contributed by atoms with Crippen molar-refractivity contribution in [3.63, 3.8) is 0 Å². The fourth-order valence-electron chi connectivity index (χ4n) is 1.71. The van der Waals surface area contributed by atoms with Crippen LogP contribution < -0.4 is 10.1 Å². The van der Waals surface area contributed by atoms with E-state index in [1.165, 1.54) is 0 Å². The molecule has 1 aromatic rings. The van der Waals surface area contributed by atoms with E-state index in [-0.39, 0.29) is 0 Å². The Morgan fingerprint density at radius 3 is 2.82 bits per heavy atom. The summed E-state index contributed by atoms with van der Waals surface area (Å²) in [7, 11) is 1.54. The van der Waals surface area contributed by atoms with Gasteiger partial charge in [-0.2, -0.15) is 0 Å². The molecule has 1 fully saturated rings. The lowest BCUT2D eigenvalue weighted by atomic mass is 10.1. The molecule has 0 aromatic heterocycles. The number of nitrogens with one attached hydrogen (secondary N) is 1. The van der Waals surface area contributed by atoms with Crippen molar-refractivity contribution in [3.05, 3.63) is 28.2 Å². The molecule has 2 N–H and O–H groups in total. The molecule has 1 aliphatic carbocycles. The van der Waals surface area contributed by atoms with Crippen molar-refractivity contribution in [2.24, 2.45) is 0 Å². The van der Waals surface area contributed by atoms with Crippen molar-refractivity contribution < 1.29 is 14.6 Å². The van der Waals surface area contributed by atoms with Gasteiger partial charge in [0, 0.05) is 16.1 Å². The van der Waals surface area contributed by atoms with Crippen LogP contribution in [0.1, 0.15) is 24.4 Å². The van der Waals surface area contributed by atoms with Crippen LogP contribution in [0.3, 0.4) is 0 Å². The fraction of sp³-hybridized carbons (Fsp3) is 0.417. The quantitative estimate of drug-likeness (QED) is 0.876. The molecule has 1 aliphatic rings. The number of ether oxygens (including phenoxy) is 1. The van der Waals surface area contributed by atoms with Gasteiger partial charge in [0.2, 0.25) is 0 Å². The van der Waals surface area contributed by atoms with Gasteiger partial charge < -0.3 is 9.84 Å². The van der Waals surface area contributed by atoms with E-state index in [2.05, 4.69) is 21.2 Å². The maximum absolute atomic E-state index is 11.3. The van der Waals surface area contributed by atoms with Crippen LogP contribution in [0.4, 0.5) is 0 Å². The summed E-state index contributed by atoms with van der Waals surface area (Å²) in [5.41, 5.74) is 0.654. The lowest BCUT2D eigenvalue weighted by Gasteiger charge is -2.17. The molecule has 1 atom stereocenters. The van der Waals surface area contributed by atoms with Crippen LogP contribution in [0.2, 0.25) is 0 Å². The summed E-state index contributed by atoms with van der Waals surface area (Å²) in [6.07, 6.45) is 2.08. The van der Waals surface area contributed by atoms with Crippen molar-refractivity contribution in [1.29, 1.82) is 0 Å². The second-order valence-corrected chi connectivity index (χ2v) is 5.01.